The number of benzene rings is 2. The first kappa shape index (κ1) is 20.2. The number of hydrogen-bond acceptors (Lipinski definition) is 2. The van der Waals surface area contributed by atoms with E-state index in [0.717, 1.165) is 45.4 Å². The second kappa shape index (κ2) is 11.5. The molecule has 0 aliphatic heterocycles. The molecule has 0 aromatic heterocycles. The molecule has 0 unspecified atom stereocenters. The van der Waals surface area contributed by atoms with Crippen LogP contribution >= 0.6 is 0 Å². The molecule has 1 N–H and O–H groups in total. The van der Waals surface area contributed by atoms with Gasteiger partial charge in [-0.1, -0.05) is 74.5 Å². The molecule has 2 aromatic rings. The van der Waals surface area contributed by atoms with Gasteiger partial charge < -0.3 is 10.2 Å². The molecule has 3 nitrogen and oxygen atoms in total. The van der Waals surface area contributed by atoms with Gasteiger partial charge in [0.2, 0.25) is 5.91 Å². The van der Waals surface area contributed by atoms with E-state index in [4.69, 9.17) is 0 Å². The largest absolute Gasteiger partial charge is 0.356 e. The molecule has 26 heavy (non-hydrogen) atoms. The highest BCUT2D eigenvalue weighted by atomic mass is 16.1. The topological polar surface area (TPSA) is 32.3 Å². The molecule has 140 valence electrons. The molecule has 0 atom stereocenters. The highest BCUT2D eigenvalue weighted by Gasteiger charge is 2.19. The predicted octanol–water partition coefficient (Wildman–Crippen LogP) is 3.94. The van der Waals surface area contributed by atoms with Gasteiger partial charge in [0.1, 0.15) is 0 Å². The molecule has 0 saturated carbocycles. The molecule has 3 heteroatoms. The minimum atomic E-state index is -0.0340. The summed E-state index contributed by atoms with van der Waals surface area (Å²) in [5, 5.41) is 3.16. The smallest absolute Gasteiger partial charge is 0.223 e. The minimum absolute atomic E-state index is 0.0340. The van der Waals surface area contributed by atoms with Crippen molar-refractivity contribution in [3.63, 3.8) is 0 Å². The molecular weight excluding hydrogens is 320 g/mol. The van der Waals surface area contributed by atoms with E-state index in [2.05, 4.69) is 48.3 Å². The number of amides is 1. The molecule has 0 saturated heterocycles. The first-order valence-electron chi connectivity index (χ1n) is 9.80. The van der Waals surface area contributed by atoms with Crippen LogP contribution in [0.5, 0.6) is 0 Å². The summed E-state index contributed by atoms with van der Waals surface area (Å²) in [6, 6.07) is 20.6. The van der Waals surface area contributed by atoms with Crippen LogP contribution in [0.15, 0.2) is 60.7 Å². The van der Waals surface area contributed by atoms with Crippen LogP contribution < -0.4 is 5.32 Å². The summed E-state index contributed by atoms with van der Waals surface area (Å²) in [6.45, 7) is 8.27. The Balaban J connectivity index is 1.92. The van der Waals surface area contributed by atoms with Crippen molar-refractivity contribution >= 4 is 5.91 Å². The van der Waals surface area contributed by atoms with E-state index in [1.807, 2.05) is 36.4 Å². The first-order valence-corrected chi connectivity index (χ1v) is 9.80. The molecule has 0 heterocycles. The van der Waals surface area contributed by atoms with E-state index < -0.39 is 0 Å². The average molecular weight is 353 g/mol. The second-order valence-electron chi connectivity index (χ2n) is 6.75. The Bertz CT molecular complexity index is 582. The number of carbonyl (C=O) groups excluding carboxylic acids is 1. The lowest BCUT2D eigenvalue weighted by Crippen LogP contribution is -2.35. The van der Waals surface area contributed by atoms with Gasteiger partial charge in [-0.15, -0.1) is 0 Å². The van der Waals surface area contributed by atoms with Gasteiger partial charge in [-0.2, -0.15) is 0 Å². The van der Waals surface area contributed by atoms with E-state index in [9.17, 15) is 4.79 Å². The molecule has 0 fully saturated rings. The Kier molecular flexibility index (Phi) is 8.91. The fourth-order valence-electron chi connectivity index (χ4n) is 3.25. The van der Waals surface area contributed by atoms with Crippen molar-refractivity contribution in [1.82, 2.24) is 10.2 Å². The van der Waals surface area contributed by atoms with Crippen molar-refractivity contribution in [2.45, 2.75) is 33.1 Å². The standard InChI is InChI=1S/C23H32N2O/c1-3-25(4-2)17-11-16-24-23(26)22(18-20-12-7-5-8-13-20)19-21-14-9-6-10-15-21/h5-10,12-15,22H,3-4,11,16-19H2,1-2H3,(H,24,26). The van der Waals surface area contributed by atoms with Crippen LogP contribution in [0.4, 0.5) is 0 Å². The molecule has 0 bridgehead atoms. The van der Waals surface area contributed by atoms with Gasteiger partial charge in [-0.25, -0.2) is 0 Å². The average Bonchev–Trinajstić information content (AvgIpc) is 2.69. The van der Waals surface area contributed by atoms with E-state index >= 15 is 0 Å². The number of carbonyl (C=O) groups is 1. The summed E-state index contributed by atoms with van der Waals surface area (Å²) in [7, 11) is 0. The summed E-state index contributed by atoms with van der Waals surface area (Å²) in [5.41, 5.74) is 2.43. The summed E-state index contributed by atoms with van der Waals surface area (Å²) >= 11 is 0. The van der Waals surface area contributed by atoms with E-state index in [0.29, 0.717) is 0 Å². The Morgan fingerprint density at radius 2 is 1.38 bits per heavy atom. The van der Waals surface area contributed by atoms with E-state index in [1.165, 1.54) is 11.1 Å². The summed E-state index contributed by atoms with van der Waals surface area (Å²) in [6.07, 6.45) is 2.55. The lowest BCUT2D eigenvalue weighted by atomic mass is 9.91. The quantitative estimate of drug-likeness (QED) is 0.621. The molecule has 0 aliphatic rings. The third-order valence-corrected chi connectivity index (χ3v) is 4.87. The number of rotatable bonds is 11. The van der Waals surface area contributed by atoms with E-state index in [-0.39, 0.29) is 11.8 Å². The number of nitrogens with one attached hydrogen (secondary N) is 1. The van der Waals surface area contributed by atoms with Gasteiger partial charge >= 0.3 is 0 Å². The summed E-state index contributed by atoms with van der Waals surface area (Å²) < 4.78 is 0. The van der Waals surface area contributed by atoms with Crippen molar-refractivity contribution in [1.29, 1.82) is 0 Å². The molecule has 2 rings (SSSR count). The van der Waals surface area contributed by atoms with Crippen molar-refractivity contribution < 1.29 is 4.79 Å². The zero-order valence-electron chi connectivity index (χ0n) is 16.2. The third kappa shape index (κ3) is 7.01. The molecule has 0 spiro atoms. The van der Waals surface area contributed by atoms with Crippen LogP contribution in [0, 0.1) is 5.92 Å². The van der Waals surface area contributed by atoms with Crippen molar-refractivity contribution in [2.24, 2.45) is 5.92 Å². The van der Waals surface area contributed by atoms with Gasteiger partial charge in [-0.3, -0.25) is 4.79 Å². The normalized spacial score (nSPS) is 11.1. The first-order chi connectivity index (χ1) is 12.7. The van der Waals surface area contributed by atoms with Crippen LogP contribution in [0.3, 0.4) is 0 Å². The molecular formula is C23H32N2O. The zero-order valence-corrected chi connectivity index (χ0v) is 16.2. The maximum atomic E-state index is 12.8. The lowest BCUT2D eigenvalue weighted by molar-refractivity contribution is -0.125. The maximum Gasteiger partial charge on any atom is 0.223 e. The van der Waals surface area contributed by atoms with Gasteiger partial charge in [0.25, 0.3) is 0 Å². The van der Waals surface area contributed by atoms with Gasteiger partial charge in [0, 0.05) is 12.5 Å². The molecule has 2 aromatic carbocycles. The highest BCUT2D eigenvalue weighted by molar-refractivity contribution is 5.79. The van der Waals surface area contributed by atoms with Gasteiger partial charge in [0.15, 0.2) is 0 Å². The Morgan fingerprint density at radius 3 is 1.85 bits per heavy atom. The van der Waals surface area contributed by atoms with Gasteiger partial charge in [0.05, 0.1) is 0 Å². The van der Waals surface area contributed by atoms with Crippen LogP contribution in [0.1, 0.15) is 31.4 Å². The van der Waals surface area contributed by atoms with Crippen molar-refractivity contribution in [3.05, 3.63) is 71.8 Å². The zero-order chi connectivity index (χ0) is 18.6. The summed E-state index contributed by atoms with van der Waals surface area (Å²) in [4.78, 5) is 15.2. The Hall–Kier alpha value is -2.13. The van der Waals surface area contributed by atoms with Gasteiger partial charge in [-0.05, 0) is 50.0 Å². The minimum Gasteiger partial charge on any atom is -0.356 e. The van der Waals surface area contributed by atoms with Crippen molar-refractivity contribution in [3.8, 4) is 0 Å². The fourth-order valence-corrected chi connectivity index (χ4v) is 3.25. The van der Waals surface area contributed by atoms with Crippen LogP contribution in [-0.4, -0.2) is 37.0 Å². The summed E-state index contributed by atoms with van der Waals surface area (Å²) in [5.74, 6) is 0.130. The molecule has 0 aliphatic carbocycles. The Labute approximate surface area is 158 Å². The predicted molar refractivity (Wildman–Crippen MR) is 109 cm³/mol. The Morgan fingerprint density at radius 1 is 0.885 bits per heavy atom. The SMILES string of the molecule is CCN(CC)CCCNC(=O)C(Cc1ccccc1)Cc1ccccc1. The van der Waals surface area contributed by atoms with Crippen molar-refractivity contribution in [2.75, 3.05) is 26.2 Å². The van der Waals surface area contributed by atoms with Crippen LogP contribution in [0.2, 0.25) is 0 Å². The maximum absolute atomic E-state index is 12.8. The monoisotopic (exact) mass is 352 g/mol. The number of hydrogen-bond donors (Lipinski definition) is 1. The van der Waals surface area contributed by atoms with Crippen LogP contribution in [-0.2, 0) is 17.6 Å². The second-order valence-corrected chi connectivity index (χ2v) is 6.75. The van der Waals surface area contributed by atoms with E-state index in [1.54, 1.807) is 0 Å². The fraction of sp³-hybridized carbons (Fsp3) is 0.435. The molecule has 0 radical (unpaired) electrons. The molecule has 1 amide bonds. The number of nitrogens with zero attached hydrogens (tertiary/aromatic N) is 1. The lowest BCUT2D eigenvalue weighted by Gasteiger charge is -2.20. The third-order valence-electron chi connectivity index (χ3n) is 4.87. The van der Waals surface area contributed by atoms with Crippen LogP contribution in [0.25, 0.3) is 0 Å². The highest BCUT2D eigenvalue weighted by Crippen LogP contribution is 2.15.